The molecule has 1 aliphatic rings. The van der Waals surface area contributed by atoms with E-state index >= 15 is 0 Å². The Balaban J connectivity index is 1.73. The topological polar surface area (TPSA) is 32.3 Å². The molecular formula is C15H16ClFN4. The molecule has 1 aromatic heterocycles. The maximum Gasteiger partial charge on any atom is 0.224 e. The largest absolute Gasteiger partial charge is 0.366 e. The van der Waals surface area contributed by atoms with Crippen LogP contribution in [0.4, 0.5) is 15.9 Å². The van der Waals surface area contributed by atoms with Gasteiger partial charge in [-0.1, -0.05) is 12.1 Å². The number of hydrogen-bond acceptors (Lipinski definition) is 4. The third-order valence-corrected chi connectivity index (χ3v) is 3.87. The third kappa shape index (κ3) is 2.93. The standard InChI is InChI=1S/C15H16ClFN4/c1-11-10-18-15(16)19-14(11)21-8-6-20(7-9-21)13-5-3-2-4-12(13)17/h2-5,10H,6-9H2,1H3. The Hall–Kier alpha value is -1.88. The van der Waals surface area contributed by atoms with E-state index in [1.807, 2.05) is 19.1 Å². The number of piperazine rings is 1. The fraction of sp³-hybridized carbons (Fsp3) is 0.333. The SMILES string of the molecule is Cc1cnc(Cl)nc1N1CCN(c2ccccc2F)CC1. The van der Waals surface area contributed by atoms with Crippen molar-refractivity contribution in [3.63, 3.8) is 0 Å². The number of rotatable bonds is 2. The van der Waals surface area contributed by atoms with Gasteiger partial charge in [0.2, 0.25) is 5.28 Å². The minimum Gasteiger partial charge on any atom is -0.366 e. The lowest BCUT2D eigenvalue weighted by Gasteiger charge is -2.37. The number of nitrogens with zero attached hydrogens (tertiary/aromatic N) is 4. The summed E-state index contributed by atoms with van der Waals surface area (Å²) in [4.78, 5) is 12.5. The van der Waals surface area contributed by atoms with Crippen LogP contribution in [0.1, 0.15) is 5.56 Å². The monoisotopic (exact) mass is 306 g/mol. The van der Waals surface area contributed by atoms with Gasteiger partial charge in [-0.2, -0.15) is 0 Å². The Morgan fingerprint density at radius 1 is 1.10 bits per heavy atom. The lowest BCUT2D eigenvalue weighted by atomic mass is 10.2. The van der Waals surface area contributed by atoms with Crippen molar-refractivity contribution < 1.29 is 4.39 Å². The Bertz CT molecular complexity index is 641. The molecule has 0 N–H and O–H groups in total. The fourth-order valence-corrected chi connectivity index (χ4v) is 2.73. The minimum atomic E-state index is -0.174. The summed E-state index contributed by atoms with van der Waals surface area (Å²) in [5, 5.41) is 0.257. The van der Waals surface area contributed by atoms with E-state index in [-0.39, 0.29) is 11.1 Å². The van der Waals surface area contributed by atoms with Gasteiger partial charge in [0.05, 0.1) is 5.69 Å². The van der Waals surface area contributed by atoms with E-state index in [2.05, 4.69) is 19.8 Å². The van der Waals surface area contributed by atoms with E-state index in [1.165, 1.54) is 6.07 Å². The van der Waals surface area contributed by atoms with E-state index in [0.29, 0.717) is 5.69 Å². The first-order valence-corrected chi connectivity index (χ1v) is 7.26. The zero-order valence-electron chi connectivity index (χ0n) is 11.8. The molecule has 0 aliphatic carbocycles. The van der Waals surface area contributed by atoms with Crippen LogP contribution in [0.5, 0.6) is 0 Å². The fourth-order valence-electron chi connectivity index (χ4n) is 2.60. The molecule has 1 fully saturated rings. The maximum absolute atomic E-state index is 13.8. The quantitative estimate of drug-likeness (QED) is 0.799. The predicted octanol–water partition coefficient (Wildman–Crippen LogP) is 2.90. The van der Waals surface area contributed by atoms with Crippen molar-refractivity contribution in [1.29, 1.82) is 0 Å². The highest BCUT2D eigenvalue weighted by molar-refractivity contribution is 6.28. The van der Waals surface area contributed by atoms with Crippen molar-refractivity contribution in [1.82, 2.24) is 9.97 Å². The number of aryl methyl sites for hydroxylation is 1. The molecule has 0 bridgehead atoms. The molecule has 0 atom stereocenters. The molecule has 110 valence electrons. The van der Waals surface area contributed by atoms with Gasteiger partial charge in [0.1, 0.15) is 11.6 Å². The van der Waals surface area contributed by atoms with Gasteiger partial charge < -0.3 is 9.80 Å². The van der Waals surface area contributed by atoms with Crippen molar-refractivity contribution >= 4 is 23.1 Å². The summed E-state index contributed by atoms with van der Waals surface area (Å²) in [6.45, 7) is 5.03. The van der Waals surface area contributed by atoms with E-state index < -0.39 is 0 Å². The Morgan fingerprint density at radius 2 is 1.76 bits per heavy atom. The highest BCUT2D eigenvalue weighted by Crippen LogP contribution is 2.23. The van der Waals surface area contributed by atoms with Gasteiger partial charge in [-0.3, -0.25) is 0 Å². The van der Waals surface area contributed by atoms with Crippen LogP contribution in [0, 0.1) is 12.7 Å². The lowest BCUT2D eigenvalue weighted by Crippen LogP contribution is -2.47. The second kappa shape index (κ2) is 5.85. The van der Waals surface area contributed by atoms with Crippen molar-refractivity contribution in [2.45, 2.75) is 6.92 Å². The van der Waals surface area contributed by atoms with Crippen LogP contribution in [0.3, 0.4) is 0 Å². The Morgan fingerprint density at radius 3 is 2.48 bits per heavy atom. The first kappa shape index (κ1) is 14.1. The van der Waals surface area contributed by atoms with Gasteiger partial charge in [0.25, 0.3) is 0 Å². The number of anilines is 2. The predicted molar refractivity (Wildman–Crippen MR) is 82.6 cm³/mol. The van der Waals surface area contributed by atoms with Gasteiger partial charge in [-0.25, -0.2) is 14.4 Å². The average Bonchev–Trinajstić information content (AvgIpc) is 2.50. The van der Waals surface area contributed by atoms with E-state index in [1.54, 1.807) is 12.3 Å². The van der Waals surface area contributed by atoms with Crippen LogP contribution < -0.4 is 9.80 Å². The number of aromatic nitrogens is 2. The summed E-state index contributed by atoms with van der Waals surface area (Å²) in [7, 11) is 0. The maximum atomic E-state index is 13.8. The molecule has 3 rings (SSSR count). The number of halogens is 2. The number of hydrogen-bond donors (Lipinski definition) is 0. The summed E-state index contributed by atoms with van der Waals surface area (Å²) in [5.74, 6) is 0.690. The molecule has 21 heavy (non-hydrogen) atoms. The molecule has 0 spiro atoms. The molecule has 0 amide bonds. The zero-order valence-corrected chi connectivity index (χ0v) is 12.5. The smallest absolute Gasteiger partial charge is 0.224 e. The average molecular weight is 307 g/mol. The molecule has 1 aromatic carbocycles. The van der Waals surface area contributed by atoms with Crippen LogP contribution in [-0.4, -0.2) is 36.1 Å². The number of benzene rings is 1. The highest BCUT2D eigenvalue weighted by Gasteiger charge is 2.21. The Kier molecular flexibility index (Phi) is 3.92. The van der Waals surface area contributed by atoms with Gasteiger partial charge in [0, 0.05) is 37.9 Å². The van der Waals surface area contributed by atoms with E-state index in [9.17, 15) is 4.39 Å². The zero-order chi connectivity index (χ0) is 14.8. The van der Waals surface area contributed by atoms with Crippen molar-refractivity contribution in [2.24, 2.45) is 0 Å². The lowest BCUT2D eigenvalue weighted by molar-refractivity contribution is 0.595. The molecule has 6 heteroatoms. The molecule has 2 heterocycles. The Labute approximate surface area is 128 Å². The first-order chi connectivity index (χ1) is 10.1. The highest BCUT2D eigenvalue weighted by atomic mass is 35.5. The van der Waals surface area contributed by atoms with Crippen LogP contribution in [0.25, 0.3) is 0 Å². The van der Waals surface area contributed by atoms with Gasteiger partial charge in [-0.05, 0) is 30.7 Å². The minimum absolute atomic E-state index is 0.174. The van der Waals surface area contributed by atoms with Crippen LogP contribution in [0.2, 0.25) is 5.28 Å². The normalized spacial score (nSPS) is 15.4. The summed E-state index contributed by atoms with van der Waals surface area (Å²) < 4.78 is 13.8. The molecular weight excluding hydrogens is 291 g/mol. The molecule has 0 unspecified atom stereocenters. The van der Waals surface area contributed by atoms with Crippen LogP contribution in [-0.2, 0) is 0 Å². The number of para-hydroxylation sites is 1. The van der Waals surface area contributed by atoms with Gasteiger partial charge in [0.15, 0.2) is 0 Å². The summed E-state index contributed by atoms with van der Waals surface area (Å²) in [6.07, 6.45) is 1.73. The second-order valence-electron chi connectivity index (χ2n) is 5.07. The molecule has 2 aromatic rings. The van der Waals surface area contributed by atoms with Crippen LogP contribution in [0.15, 0.2) is 30.5 Å². The molecule has 1 saturated heterocycles. The van der Waals surface area contributed by atoms with E-state index in [0.717, 1.165) is 37.6 Å². The summed E-state index contributed by atoms with van der Waals surface area (Å²) in [5.41, 5.74) is 1.66. The molecule has 0 radical (unpaired) electrons. The van der Waals surface area contributed by atoms with Gasteiger partial charge in [-0.15, -0.1) is 0 Å². The van der Waals surface area contributed by atoms with Crippen molar-refractivity contribution in [3.05, 3.63) is 47.1 Å². The second-order valence-corrected chi connectivity index (χ2v) is 5.41. The van der Waals surface area contributed by atoms with Gasteiger partial charge >= 0.3 is 0 Å². The van der Waals surface area contributed by atoms with Crippen LogP contribution >= 0.6 is 11.6 Å². The summed E-state index contributed by atoms with van der Waals surface area (Å²) in [6, 6.07) is 6.88. The van der Waals surface area contributed by atoms with Crippen molar-refractivity contribution in [2.75, 3.05) is 36.0 Å². The first-order valence-electron chi connectivity index (χ1n) is 6.89. The summed E-state index contributed by atoms with van der Waals surface area (Å²) >= 11 is 5.87. The molecule has 1 aliphatic heterocycles. The van der Waals surface area contributed by atoms with Crippen molar-refractivity contribution in [3.8, 4) is 0 Å². The molecule has 4 nitrogen and oxygen atoms in total. The molecule has 0 saturated carbocycles. The third-order valence-electron chi connectivity index (χ3n) is 3.69. The van der Waals surface area contributed by atoms with E-state index in [4.69, 9.17) is 11.6 Å².